The van der Waals surface area contributed by atoms with Crippen LogP contribution in [-0.2, 0) is 9.47 Å². The third-order valence-electron chi connectivity index (χ3n) is 3.14. The van der Waals surface area contributed by atoms with Gasteiger partial charge in [0.25, 0.3) is 0 Å². The van der Waals surface area contributed by atoms with E-state index in [1.54, 1.807) is 25.4 Å². The number of aryl methyl sites for hydroxylation is 1. The Morgan fingerprint density at radius 1 is 1.25 bits per heavy atom. The molecular weight excluding hydrogens is 312 g/mol. The van der Waals surface area contributed by atoms with Crippen molar-refractivity contribution in [3.8, 4) is 5.75 Å². The fourth-order valence-electron chi connectivity index (χ4n) is 1.94. The molecule has 0 aliphatic carbocycles. The first kappa shape index (κ1) is 17.7. The summed E-state index contributed by atoms with van der Waals surface area (Å²) in [4.78, 5) is 15.7. The molecule has 7 nitrogen and oxygen atoms in total. The van der Waals surface area contributed by atoms with E-state index in [-0.39, 0.29) is 18.1 Å². The summed E-state index contributed by atoms with van der Waals surface area (Å²) in [5.41, 5.74) is 1.58. The molecule has 1 aromatic carbocycles. The number of benzene rings is 1. The molecule has 2 N–H and O–H groups in total. The van der Waals surface area contributed by atoms with Gasteiger partial charge in [0.05, 0.1) is 18.9 Å². The molecule has 24 heavy (non-hydrogen) atoms. The Morgan fingerprint density at radius 2 is 2.08 bits per heavy atom. The van der Waals surface area contributed by atoms with Gasteiger partial charge in [0.2, 0.25) is 0 Å². The van der Waals surface area contributed by atoms with Crippen LogP contribution in [-0.4, -0.2) is 43.2 Å². The van der Waals surface area contributed by atoms with E-state index in [0.717, 1.165) is 5.56 Å². The number of hydrogen-bond acceptors (Lipinski definition) is 6. The van der Waals surface area contributed by atoms with E-state index < -0.39 is 5.97 Å². The number of methoxy groups -OCH3 is 1. The fraction of sp³-hybridized carbons (Fsp3) is 0.294. The normalized spacial score (nSPS) is 10.4. The van der Waals surface area contributed by atoms with Gasteiger partial charge in [0.1, 0.15) is 11.4 Å². The molecule has 0 aliphatic heterocycles. The van der Waals surface area contributed by atoms with Crippen molar-refractivity contribution in [1.82, 2.24) is 4.98 Å². The number of ether oxygens (including phenoxy) is 3. The van der Waals surface area contributed by atoms with Crippen LogP contribution < -0.4 is 10.1 Å². The Balaban J connectivity index is 2.17. The standard InChI is InChI=1S/C17H20N2O5/c1-12-6-7-15(18-10-12)19-14-5-3-4-13(17(20)21)16(14)24-11-23-9-8-22-2/h3-7,10H,8-9,11H2,1-2H3,(H,18,19)(H,20,21). The summed E-state index contributed by atoms with van der Waals surface area (Å²) < 4.78 is 15.6. The smallest absolute Gasteiger partial charge is 0.339 e. The van der Waals surface area contributed by atoms with E-state index in [0.29, 0.717) is 24.7 Å². The van der Waals surface area contributed by atoms with Crippen molar-refractivity contribution < 1.29 is 24.1 Å². The molecule has 2 rings (SSSR count). The van der Waals surface area contributed by atoms with Crippen molar-refractivity contribution in [3.05, 3.63) is 47.7 Å². The van der Waals surface area contributed by atoms with Gasteiger partial charge in [-0.2, -0.15) is 0 Å². The molecular formula is C17H20N2O5. The molecule has 0 amide bonds. The number of nitrogens with zero attached hydrogens (tertiary/aromatic N) is 1. The van der Waals surface area contributed by atoms with Gasteiger partial charge in [-0.15, -0.1) is 0 Å². The second-order valence-corrected chi connectivity index (χ2v) is 5.00. The highest BCUT2D eigenvalue weighted by molar-refractivity contribution is 5.93. The molecule has 7 heteroatoms. The van der Waals surface area contributed by atoms with E-state index >= 15 is 0 Å². The quantitative estimate of drug-likeness (QED) is 0.539. The number of hydrogen-bond donors (Lipinski definition) is 2. The monoisotopic (exact) mass is 332 g/mol. The molecule has 128 valence electrons. The van der Waals surface area contributed by atoms with Gasteiger partial charge in [-0.3, -0.25) is 0 Å². The summed E-state index contributed by atoms with van der Waals surface area (Å²) in [5.74, 6) is -0.291. The van der Waals surface area contributed by atoms with Gasteiger partial charge in [0.15, 0.2) is 12.5 Å². The number of aromatic carboxylic acids is 1. The van der Waals surface area contributed by atoms with Crippen molar-refractivity contribution in [2.24, 2.45) is 0 Å². The Bertz CT molecular complexity index is 673. The SMILES string of the molecule is COCCOCOc1c(Nc2ccc(C)cn2)cccc1C(=O)O. The Labute approximate surface area is 140 Å². The van der Waals surface area contributed by atoms with Crippen molar-refractivity contribution in [2.45, 2.75) is 6.92 Å². The summed E-state index contributed by atoms with van der Waals surface area (Å²) in [5, 5.41) is 12.4. The van der Waals surface area contributed by atoms with Crippen LogP contribution in [0.3, 0.4) is 0 Å². The molecule has 1 aromatic heterocycles. The van der Waals surface area contributed by atoms with Gasteiger partial charge in [-0.05, 0) is 30.7 Å². The minimum Gasteiger partial charge on any atom is -0.478 e. The average molecular weight is 332 g/mol. The molecule has 0 saturated heterocycles. The lowest BCUT2D eigenvalue weighted by molar-refractivity contribution is -0.00864. The minimum absolute atomic E-state index is 0.0439. The van der Waals surface area contributed by atoms with E-state index in [2.05, 4.69) is 10.3 Å². The number of rotatable bonds is 9. The number of para-hydroxylation sites is 1. The number of anilines is 2. The zero-order valence-corrected chi connectivity index (χ0v) is 13.6. The molecule has 2 aromatic rings. The van der Waals surface area contributed by atoms with Crippen molar-refractivity contribution in [1.29, 1.82) is 0 Å². The molecule has 0 radical (unpaired) electrons. The third kappa shape index (κ3) is 4.94. The predicted molar refractivity (Wildman–Crippen MR) is 89.0 cm³/mol. The largest absolute Gasteiger partial charge is 0.478 e. The number of aromatic nitrogens is 1. The summed E-state index contributed by atoms with van der Waals surface area (Å²) in [7, 11) is 1.57. The second-order valence-electron chi connectivity index (χ2n) is 5.00. The zero-order chi connectivity index (χ0) is 17.4. The number of nitrogens with one attached hydrogen (secondary N) is 1. The topological polar surface area (TPSA) is 89.9 Å². The first-order valence-corrected chi connectivity index (χ1v) is 7.37. The van der Waals surface area contributed by atoms with Crippen LogP contribution in [0, 0.1) is 6.92 Å². The van der Waals surface area contributed by atoms with Gasteiger partial charge in [-0.25, -0.2) is 9.78 Å². The summed E-state index contributed by atoms with van der Waals surface area (Å²) in [6, 6.07) is 8.55. The van der Waals surface area contributed by atoms with Crippen molar-refractivity contribution >= 4 is 17.5 Å². The Morgan fingerprint density at radius 3 is 2.75 bits per heavy atom. The average Bonchev–Trinajstić information content (AvgIpc) is 2.57. The maximum Gasteiger partial charge on any atom is 0.339 e. The van der Waals surface area contributed by atoms with Gasteiger partial charge >= 0.3 is 5.97 Å². The van der Waals surface area contributed by atoms with E-state index in [4.69, 9.17) is 14.2 Å². The molecule has 0 unspecified atom stereocenters. The molecule has 1 heterocycles. The van der Waals surface area contributed by atoms with E-state index in [1.165, 1.54) is 6.07 Å². The van der Waals surface area contributed by atoms with Crippen LogP contribution >= 0.6 is 0 Å². The van der Waals surface area contributed by atoms with Crippen molar-refractivity contribution in [3.63, 3.8) is 0 Å². The number of carbonyl (C=O) groups is 1. The first-order valence-electron chi connectivity index (χ1n) is 7.37. The molecule has 0 saturated carbocycles. The molecule has 0 fully saturated rings. The highest BCUT2D eigenvalue weighted by Crippen LogP contribution is 2.31. The predicted octanol–water partition coefficient (Wildman–Crippen LogP) is 2.83. The van der Waals surface area contributed by atoms with Crippen LogP contribution in [0.1, 0.15) is 15.9 Å². The van der Waals surface area contributed by atoms with Crippen LogP contribution in [0.5, 0.6) is 5.75 Å². The number of pyridine rings is 1. The molecule has 0 atom stereocenters. The highest BCUT2D eigenvalue weighted by atomic mass is 16.7. The zero-order valence-electron chi connectivity index (χ0n) is 13.6. The second kappa shape index (κ2) is 8.85. The highest BCUT2D eigenvalue weighted by Gasteiger charge is 2.16. The van der Waals surface area contributed by atoms with Crippen LogP contribution in [0.2, 0.25) is 0 Å². The molecule has 0 aliphatic rings. The lowest BCUT2D eigenvalue weighted by Crippen LogP contribution is -2.11. The van der Waals surface area contributed by atoms with Gasteiger partial charge in [0, 0.05) is 13.3 Å². The lowest BCUT2D eigenvalue weighted by atomic mass is 10.1. The summed E-state index contributed by atoms with van der Waals surface area (Å²) in [6.45, 7) is 2.65. The first-order chi connectivity index (χ1) is 11.6. The Kier molecular flexibility index (Phi) is 6.53. The summed E-state index contributed by atoms with van der Waals surface area (Å²) >= 11 is 0. The van der Waals surface area contributed by atoms with Crippen LogP contribution in [0.15, 0.2) is 36.5 Å². The van der Waals surface area contributed by atoms with Crippen molar-refractivity contribution in [2.75, 3.05) is 32.4 Å². The summed E-state index contributed by atoms with van der Waals surface area (Å²) in [6.07, 6.45) is 1.72. The fourth-order valence-corrected chi connectivity index (χ4v) is 1.94. The third-order valence-corrected chi connectivity index (χ3v) is 3.14. The minimum atomic E-state index is -1.08. The maximum atomic E-state index is 11.4. The van der Waals surface area contributed by atoms with Crippen LogP contribution in [0.25, 0.3) is 0 Å². The number of carboxylic acids is 1. The van der Waals surface area contributed by atoms with Crippen LogP contribution in [0.4, 0.5) is 11.5 Å². The van der Waals surface area contributed by atoms with E-state index in [1.807, 2.05) is 19.1 Å². The van der Waals surface area contributed by atoms with E-state index in [9.17, 15) is 9.90 Å². The molecule has 0 spiro atoms. The lowest BCUT2D eigenvalue weighted by Gasteiger charge is -2.15. The van der Waals surface area contributed by atoms with Gasteiger partial charge < -0.3 is 24.6 Å². The number of carboxylic acid groups (broad SMARTS) is 1. The maximum absolute atomic E-state index is 11.4. The molecule has 0 bridgehead atoms. The Hall–Kier alpha value is -2.64. The van der Waals surface area contributed by atoms with Gasteiger partial charge in [-0.1, -0.05) is 12.1 Å².